The number of nitrogens with one attached hydrogen (secondary N) is 1. The van der Waals surface area contributed by atoms with Crippen LogP contribution < -0.4 is 15.0 Å². The highest BCUT2D eigenvalue weighted by Gasteiger charge is 2.43. The van der Waals surface area contributed by atoms with E-state index < -0.39 is 20.5 Å². The van der Waals surface area contributed by atoms with Crippen molar-refractivity contribution in [3.63, 3.8) is 0 Å². The van der Waals surface area contributed by atoms with Crippen molar-refractivity contribution in [1.82, 2.24) is 20.2 Å². The first-order chi connectivity index (χ1) is 16.1. The van der Waals surface area contributed by atoms with Gasteiger partial charge in [0.15, 0.2) is 9.84 Å². The molecule has 0 spiro atoms. The normalized spacial score (nSPS) is 13.2. The zero-order valence-corrected chi connectivity index (χ0v) is 20.1. The quantitative estimate of drug-likeness (QED) is 0.239. The Hall–Kier alpha value is -3.44. The van der Waals surface area contributed by atoms with Crippen LogP contribution in [0.25, 0.3) is 5.69 Å². The SMILES string of the molecule is Cc1nncn1-c1ccc(OCCOc2ccc(CCC(C)(C(=O)NO)S(C)(=O)=O)cc2)cc1. The maximum absolute atomic E-state index is 12.1. The average Bonchev–Trinajstić information content (AvgIpc) is 3.26. The summed E-state index contributed by atoms with van der Waals surface area (Å²) < 4.78 is 35.7. The molecule has 1 heterocycles. The van der Waals surface area contributed by atoms with Crippen LogP contribution in [-0.4, -0.2) is 58.5 Å². The number of ether oxygens (including phenoxy) is 2. The lowest BCUT2D eigenvalue weighted by Gasteiger charge is -2.25. The van der Waals surface area contributed by atoms with Gasteiger partial charge in [-0.2, -0.15) is 0 Å². The van der Waals surface area contributed by atoms with Crippen molar-refractivity contribution >= 4 is 15.7 Å². The fraction of sp³-hybridized carbons (Fsp3) is 0.348. The van der Waals surface area contributed by atoms with Crippen LogP contribution in [-0.2, 0) is 21.1 Å². The van der Waals surface area contributed by atoms with Gasteiger partial charge in [0.1, 0.15) is 41.6 Å². The van der Waals surface area contributed by atoms with Crippen molar-refractivity contribution in [2.45, 2.75) is 31.4 Å². The molecule has 0 saturated carbocycles. The molecule has 0 radical (unpaired) electrons. The molecule has 10 nitrogen and oxygen atoms in total. The number of sulfone groups is 1. The fourth-order valence-corrected chi connectivity index (χ4v) is 4.14. The van der Waals surface area contributed by atoms with Crippen molar-refractivity contribution in [2.75, 3.05) is 19.5 Å². The van der Waals surface area contributed by atoms with E-state index in [1.807, 2.05) is 35.8 Å². The number of rotatable bonds is 11. The first kappa shape index (κ1) is 25.2. The van der Waals surface area contributed by atoms with E-state index in [1.54, 1.807) is 30.6 Å². The highest BCUT2D eigenvalue weighted by Crippen LogP contribution is 2.24. The molecule has 0 aliphatic carbocycles. The Labute approximate surface area is 198 Å². The van der Waals surface area contributed by atoms with Gasteiger partial charge in [0.25, 0.3) is 5.91 Å². The van der Waals surface area contributed by atoms with Gasteiger partial charge in [0.2, 0.25) is 0 Å². The maximum Gasteiger partial charge on any atom is 0.264 e. The second-order valence-electron chi connectivity index (χ2n) is 8.03. The van der Waals surface area contributed by atoms with Crippen LogP contribution in [0.1, 0.15) is 24.7 Å². The minimum Gasteiger partial charge on any atom is -0.490 e. The van der Waals surface area contributed by atoms with Gasteiger partial charge in [-0.1, -0.05) is 12.1 Å². The van der Waals surface area contributed by atoms with Gasteiger partial charge >= 0.3 is 0 Å². The van der Waals surface area contributed by atoms with Gasteiger partial charge in [0, 0.05) is 11.9 Å². The van der Waals surface area contributed by atoms with Crippen molar-refractivity contribution in [3.8, 4) is 17.2 Å². The summed E-state index contributed by atoms with van der Waals surface area (Å²) in [6, 6.07) is 14.7. The number of hydroxylamine groups is 1. The molecule has 0 aliphatic rings. The molecule has 0 saturated heterocycles. The maximum atomic E-state index is 12.1. The van der Waals surface area contributed by atoms with Crippen molar-refractivity contribution in [1.29, 1.82) is 0 Å². The molecular weight excluding hydrogens is 460 g/mol. The molecule has 1 unspecified atom stereocenters. The van der Waals surface area contributed by atoms with Crippen LogP contribution >= 0.6 is 0 Å². The van der Waals surface area contributed by atoms with Gasteiger partial charge in [0.05, 0.1) is 0 Å². The van der Waals surface area contributed by atoms with E-state index in [0.29, 0.717) is 31.1 Å². The van der Waals surface area contributed by atoms with Crippen molar-refractivity contribution in [3.05, 3.63) is 66.2 Å². The van der Waals surface area contributed by atoms with Gasteiger partial charge in [-0.3, -0.25) is 14.6 Å². The van der Waals surface area contributed by atoms with Gasteiger partial charge in [-0.15, -0.1) is 10.2 Å². The van der Waals surface area contributed by atoms with E-state index in [2.05, 4.69) is 10.2 Å². The lowest BCUT2D eigenvalue weighted by molar-refractivity contribution is -0.131. The molecule has 0 bridgehead atoms. The minimum absolute atomic E-state index is 0.0297. The van der Waals surface area contributed by atoms with E-state index in [-0.39, 0.29) is 6.42 Å². The summed E-state index contributed by atoms with van der Waals surface area (Å²) in [6.45, 7) is 3.88. The molecule has 1 aromatic heterocycles. The highest BCUT2D eigenvalue weighted by molar-refractivity contribution is 7.92. The van der Waals surface area contributed by atoms with Crippen LogP contribution in [0.5, 0.6) is 11.5 Å². The van der Waals surface area contributed by atoms with E-state index in [0.717, 1.165) is 23.3 Å². The highest BCUT2D eigenvalue weighted by atomic mass is 32.2. The molecule has 1 amide bonds. The first-order valence-corrected chi connectivity index (χ1v) is 12.5. The van der Waals surface area contributed by atoms with E-state index >= 15 is 0 Å². The predicted molar refractivity (Wildman–Crippen MR) is 125 cm³/mol. The minimum atomic E-state index is -3.73. The molecule has 0 aliphatic heterocycles. The molecule has 1 atom stereocenters. The van der Waals surface area contributed by atoms with Gasteiger partial charge in [-0.25, -0.2) is 13.9 Å². The Morgan fingerprint density at radius 2 is 1.62 bits per heavy atom. The first-order valence-electron chi connectivity index (χ1n) is 10.6. The van der Waals surface area contributed by atoms with Gasteiger partial charge in [-0.05, 0) is 68.7 Å². The monoisotopic (exact) mass is 488 g/mol. The number of carbonyl (C=O) groups excluding carboxylic acids is 1. The third-order valence-electron chi connectivity index (χ3n) is 5.67. The second kappa shape index (κ2) is 10.7. The number of nitrogens with zero attached hydrogens (tertiary/aromatic N) is 3. The number of aryl methyl sites for hydroxylation is 2. The Balaban J connectivity index is 1.46. The predicted octanol–water partition coefficient (Wildman–Crippen LogP) is 2.27. The zero-order valence-electron chi connectivity index (χ0n) is 19.3. The summed E-state index contributed by atoms with van der Waals surface area (Å²) in [5.74, 6) is 1.21. The molecule has 2 N–H and O–H groups in total. The van der Waals surface area contributed by atoms with E-state index in [4.69, 9.17) is 14.7 Å². The summed E-state index contributed by atoms with van der Waals surface area (Å²) in [5.41, 5.74) is 3.24. The number of hydrogen-bond acceptors (Lipinski definition) is 8. The number of hydrogen-bond donors (Lipinski definition) is 2. The summed E-state index contributed by atoms with van der Waals surface area (Å²) in [4.78, 5) is 11.9. The number of aromatic nitrogens is 3. The van der Waals surface area contributed by atoms with Crippen LogP contribution in [0.3, 0.4) is 0 Å². The summed E-state index contributed by atoms with van der Waals surface area (Å²) in [6.07, 6.45) is 3.00. The Kier molecular flexibility index (Phi) is 7.90. The zero-order chi connectivity index (χ0) is 24.8. The molecule has 3 rings (SSSR count). The summed E-state index contributed by atoms with van der Waals surface area (Å²) >= 11 is 0. The molecule has 11 heteroatoms. The molecule has 182 valence electrons. The largest absolute Gasteiger partial charge is 0.490 e. The number of amides is 1. The van der Waals surface area contributed by atoms with Crippen LogP contribution in [0.15, 0.2) is 54.9 Å². The third-order valence-corrected chi connectivity index (χ3v) is 7.69. The Bertz CT molecular complexity index is 1210. The van der Waals surface area contributed by atoms with Crippen molar-refractivity contribution < 1.29 is 27.9 Å². The number of benzene rings is 2. The summed E-state index contributed by atoms with van der Waals surface area (Å²) in [5, 5.41) is 16.7. The topological polar surface area (TPSA) is 133 Å². The number of carbonyl (C=O) groups is 1. The molecule has 2 aromatic carbocycles. The smallest absolute Gasteiger partial charge is 0.264 e. The molecule has 3 aromatic rings. The Morgan fingerprint density at radius 3 is 2.09 bits per heavy atom. The van der Waals surface area contributed by atoms with Gasteiger partial charge < -0.3 is 9.47 Å². The lowest BCUT2D eigenvalue weighted by Crippen LogP contribution is -2.49. The van der Waals surface area contributed by atoms with Crippen molar-refractivity contribution in [2.24, 2.45) is 0 Å². The van der Waals surface area contributed by atoms with E-state index in [9.17, 15) is 13.2 Å². The average molecular weight is 489 g/mol. The molecular formula is C23H28N4O6S. The Morgan fingerprint density at radius 1 is 1.06 bits per heavy atom. The van der Waals surface area contributed by atoms with E-state index in [1.165, 1.54) is 12.4 Å². The van der Waals surface area contributed by atoms with Crippen LogP contribution in [0.2, 0.25) is 0 Å². The second-order valence-corrected chi connectivity index (χ2v) is 10.5. The summed E-state index contributed by atoms with van der Waals surface area (Å²) in [7, 11) is -3.73. The molecule has 0 fully saturated rings. The van der Waals surface area contributed by atoms with Crippen LogP contribution in [0, 0.1) is 6.92 Å². The molecule has 34 heavy (non-hydrogen) atoms. The van der Waals surface area contributed by atoms with Crippen LogP contribution in [0.4, 0.5) is 0 Å². The standard InChI is InChI=1S/C23H28N4O6S/c1-17-25-24-16-27(17)19-6-10-21(11-7-19)33-15-14-32-20-8-4-18(5-9-20)12-13-23(2,22(28)26-29)34(3,30)31/h4-11,16,29H,12-15H2,1-3H3,(H,26,28). The fourth-order valence-electron chi connectivity index (χ4n) is 3.29. The lowest BCUT2D eigenvalue weighted by atomic mass is 9.99. The third kappa shape index (κ3) is 5.91.